The monoisotopic (exact) mass is 659 g/mol. The second kappa shape index (κ2) is 11.9. The fourth-order valence-corrected chi connectivity index (χ4v) is 8.43. The van der Waals surface area contributed by atoms with E-state index in [4.69, 9.17) is 10.6 Å². The maximum absolute atomic E-state index is 13.4. The second-order valence-corrected chi connectivity index (χ2v) is 13.6. The molecule has 5 aliphatic rings. The number of phenolic OH excluding ortho intramolecular Hbond substituents is 1. The van der Waals surface area contributed by atoms with Crippen LogP contribution in [0.25, 0.3) is 0 Å². The van der Waals surface area contributed by atoms with Crippen molar-refractivity contribution in [2.45, 2.75) is 37.3 Å². The van der Waals surface area contributed by atoms with Crippen LogP contribution in [-0.4, -0.2) is 108 Å². The number of anilines is 1. The Balaban J connectivity index is 1.19. The topological polar surface area (TPSA) is 225 Å². The zero-order valence-electron chi connectivity index (χ0n) is 23.8. The minimum Gasteiger partial charge on any atom is -0.504 e. The molecule has 5 aliphatic heterocycles. The third-order valence-corrected chi connectivity index (χ3v) is 10.9. The fourth-order valence-electron chi connectivity index (χ4n) is 6.54. The maximum Gasteiger partial charge on any atom is 0.352 e. The third-order valence-electron chi connectivity index (χ3n) is 8.91. The summed E-state index contributed by atoms with van der Waals surface area (Å²) in [5, 5.41) is 46.7. The summed E-state index contributed by atoms with van der Waals surface area (Å²) in [6.07, 6.45) is 3.41. The number of aromatic nitrogens is 1. The first-order chi connectivity index (χ1) is 21.5. The number of fused-ring (bicyclic) bond motifs is 4. The summed E-state index contributed by atoms with van der Waals surface area (Å²) in [5.41, 5.74) is 5.53. The largest absolute Gasteiger partial charge is 0.504 e. The van der Waals surface area contributed by atoms with Crippen molar-refractivity contribution in [3.8, 4) is 11.5 Å². The van der Waals surface area contributed by atoms with Crippen molar-refractivity contribution in [1.29, 1.82) is 0 Å². The average Bonchev–Trinajstić information content (AvgIpc) is 3.45. The molecule has 2 bridgehead atoms. The Kier molecular flexibility index (Phi) is 8.09. The predicted octanol–water partition coefficient (Wildman–Crippen LogP) is 1.12. The lowest BCUT2D eigenvalue weighted by atomic mass is 9.85. The van der Waals surface area contributed by atoms with Gasteiger partial charge in [-0.3, -0.25) is 14.5 Å². The lowest BCUT2D eigenvalue weighted by Crippen LogP contribution is -2.71. The molecule has 2 atom stereocenters. The molecule has 2 aromatic rings. The van der Waals surface area contributed by atoms with Gasteiger partial charge in [-0.25, -0.2) is 14.6 Å². The number of nitrogens with zero attached hydrogens (tertiary/aromatic N) is 4. The van der Waals surface area contributed by atoms with Gasteiger partial charge in [-0.2, -0.15) is 0 Å². The van der Waals surface area contributed by atoms with E-state index in [-0.39, 0.29) is 27.8 Å². The quantitative estimate of drug-likeness (QED) is 0.0694. The van der Waals surface area contributed by atoms with E-state index in [9.17, 15) is 39.6 Å². The van der Waals surface area contributed by atoms with Crippen LogP contribution in [0.15, 0.2) is 33.9 Å². The lowest BCUT2D eigenvalue weighted by molar-refractivity contribution is -0.938. The van der Waals surface area contributed by atoms with E-state index < -0.39 is 58.8 Å². The summed E-state index contributed by atoms with van der Waals surface area (Å²) in [4.78, 5) is 61.5. The molecule has 4 saturated heterocycles. The number of rotatable bonds is 10. The molecule has 7 N–H and O–H groups in total. The number of β-lactam (4-membered cyclic amide) rings is 1. The number of amides is 2. The summed E-state index contributed by atoms with van der Waals surface area (Å²) >= 11 is 2.42. The zero-order valence-corrected chi connectivity index (χ0v) is 25.5. The number of nitrogens with one attached hydrogen (secondary N) is 1. The summed E-state index contributed by atoms with van der Waals surface area (Å²) in [6.45, 7) is 3.13. The molecule has 45 heavy (non-hydrogen) atoms. The van der Waals surface area contributed by atoms with Gasteiger partial charge < -0.3 is 40.8 Å². The number of nitrogens with two attached hydrogens (primary N) is 1. The Labute approximate surface area is 264 Å². The molecule has 15 nitrogen and oxygen atoms in total. The highest BCUT2D eigenvalue weighted by molar-refractivity contribution is 8.00. The van der Waals surface area contributed by atoms with Gasteiger partial charge in [0.25, 0.3) is 11.8 Å². The summed E-state index contributed by atoms with van der Waals surface area (Å²) in [6, 6.07) is 1.26. The van der Waals surface area contributed by atoms with Gasteiger partial charge in [0.05, 0.1) is 19.6 Å². The van der Waals surface area contributed by atoms with Crippen LogP contribution < -0.4 is 11.1 Å². The standard InChI is InChI=1S/C28H30N6O9S2/c29-28-30-16(12-45-28)19(32-43-10-14-1-2-17(35)22(36)18(14)26(39)40)23(37)31-20-24(38)33-21(27(41)42)15(11-44-25(20)33)9-34-6-3-13(4-7-34)5-8-34/h1-2,12-13,20,25H,3-11H2,(H6-,29,30,31,32,35,36,37,39,40,41,42)/p+1/t13?,20-,25-,34?/m1/s1. The molecule has 1 aromatic carbocycles. The van der Waals surface area contributed by atoms with Crippen LogP contribution in [0.1, 0.15) is 40.9 Å². The van der Waals surface area contributed by atoms with Crippen LogP contribution in [-0.2, 0) is 25.8 Å². The Bertz CT molecular complexity index is 1630. The number of piperidine rings is 3. The van der Waals surface area contributed by atoms with Crippen LogP contribution in [0, 0.1) is 5.92 Å². The van der Waals surface area contributed by atoms with E-state index in [0.717, 1.165) is 72.3 Å². The third kappa shape index (κ3) is 5.66. The summed E-state index contributed by atoms with van der Waals surface area (Å²) in [7, 11) is 0. The maximum atomic E-state index is 13.4. The zero-order chi connectivity index (χ0) is 32.0. The number of carboxylic acid groups (broad SMARTS) is 2. The molecule has 2 amide bonds. The molecule has 0 unspecified atom stereocenters. The van der Waals surface area contributed by atoms with E-state index in [1.807, 2.05) is 0 Å². The van der Waals surface area contributed by atoms with Crippen molar-refractivity contribution in [2.75, 3.05) is 37.7 Å². The number of aromatic hydroxyl groups is 2. The number of thiazole rings is 1. The molecule has 0 spiro atoms. The summed E-state index contributed by atoms with van der Waals surface area (Å²) < 4.78 is 0.852. The smallest absolute Gasteiger partial charge is 0.352 e. The van der Waals surface area contributed by atoms with Gasteiger partial charge >= 0.3 is 11.9 Å². The number of thioether (sulfide) groups is 1. The van der Waals surface area contributed by atoms with Crippen LogP contribution in [0.5, 0.6) is 11.5 Å². The Morgan fingerprint density at radius 2 is 1.84 bits per heavy atom. The van der Waals surface area contributed by atoms with Gasteiger partial charge in [0.1, 0.15) is 41.5 Å². The number of aliphatic carboxylic acids is 1. The lowest BCUT2D eigenvalue weighted by Gasteiger charge is -2.52. The molecular weight excluding hydrogens is 628 g/mol. The van der Waals surface area contributed by atoms with Crippen molar-refractivity contribution in [3.05, 3.63) is 45.6 Å². The van der Waals surface area contributed by atoms with Crippen LogP contribution in [0.3, 0.4) is 0 Å². The Hall–Kier alpha value is -4.35. The number of carbonyl (C=O) groups excluding carboxylic acids is 2. The van der Waals surface area contributed by atoms with E-state index in [1.165, 1.54) is 28.1 Å². The first-order valence-electron chi connectivity index (χ1n) is 14.2. The van der Waals surface area contributed by atoms with Crippen molar-refractivity contribution >= 4 is 57.7 Å². The van der Waals surface area contributed by atoms with Crippen molar-refractivity contribution in [3.63, 3.8) is 0 Å². The molecule has 4 fully saturated rings. The second-order valence-electron chi connectivity index (χ2n) is 11.6. The van der Waals surface area contributed by atoms with Crippen molar-refractivity contribution in [1.82, 2.24) is 15.2 Å². The van der Waals surface area contributed by atoms with Crippen molar-refractivity contribution < 1.29 is 48.9 Å². The van der Waals surface area contributed by atoms with E-state index in [2.05, 4.69) is 15.5 Å². The SMILES string of the molecule is Nc1nc(/C(=N/OCc2ccc(O)c(O)c2C(=O)O)C(=O)N[C@@H]2C(=O)N3C(C(=O)O)=C(C[N+]45CCC(CC4)CC5)CS[C@H]23)cs1. The average molecular weight is 660 g/mol. The molecule has 17 heteroatoms. The highest BCUT2D eigenvalue weighted by Gasteiger charge is 2.55. The predicted molar refractivity (Wildman–Crippen MR) is 161 cm³/mol. The molecule has 0 aliphatic carbocycles. The summed E-state index contributed by atoms with van der Waals surface area (Å²) in [5.74, 6) is -4.39. The number of benzene rings is 1. The van der Waals surface area contributed by atoms with Gasteiger partial charge in [-0.1, -0.05) is 11.2 Å². The Morgan fingerprint density at radius 1 is 1.13 bits per heavy atom. The minimum atomic E-state index is -1.52. The fraction of sp³-hybridized carbons (Fsp3) is 0.429. The van der Waals surface area contributed by atoms with E-state index >= 15 is 0 Å². The number of carbonyl (C=O) groups is 4. The number of oxime groups is 1. The number of hydrogen-bond acceptors (Lipinski definition) is 12. The van der Waals surface area contributed by atoms with Crippen LogP contribution in [0.2, 0.25) is 0 Å². The highest BCUT2D eigenvalue weighted by Crippen LogP contribution is 2.43. The molecule has 1 aromatic heterocycles. The molecule has 0 radical (unpaired) electrons. The molecule has 0 saturated carbocycles. The normalized spacial score (nSPS) is 25.9. The van der Waals surface area contributed by atoms with Gasteiger partial charge in [-0.05, 0) is 31.2 Å². The first-order valence-corrected chi connectivity index (χ1v) is 16.2. The van der Waals surface area contributed by atoms with E-state index in [0.29, 0.717) is 12.3 Å². The number of carboxylic acids is 2. The number of nitrogen functional groups attached to an aromatic ring is 1. The first kappa shape index (κ1) is 30.7. The van der Waals surface area contributed by atoms with Gasteiger partial charge in [0.15, 0.2) is 22.3 Å². The highest BCUT2D eigenvalue weighted by atomic mass is 32.2. The number of phenols is 2. The molecule has 6 heterocycles. The van der Waals surface area contributed by atoms with Gasteiger partial charge in [0, 0.05) is 22.3 Å². The molecular formula is C28H31N6O9S2+. The van der Waals surface area contributed by atoms with Crippen LogP contribution >= 0.6 is 23.1 Å². The molecule has 7 rings (SSSR count). The van der Waals surface area contributed by atoms with Gasteiger partial charge in [0.2, 0.25) is 0 Å². The number of aromatic carboxylic acids is 1. The number of quaternary nitrogens is 1. The van der Waals surface area contributed by atoms with E-state index in [1.54, 1.807) is 0 Å². The van der Waals surface area contributed by atoms with Crippen LogP contribution in [0.4, 0.5) is 5.13 Å². The minimum absolute atomic E-state index is 0.00895. The molecule has 238 valence electrons. The van der Waals surface area contributed by atoms with Gasteiger partial charge in [-0.15, -0.1) is 23.1 Å². The Morgan fingerprint density at radius 3 is 2.47 bits per heavy atom. The van der Waals surface area contributed by atoms with Crippen molar-refractivity contribution in [2.24, 2.45) is 11.1 Å². The number of hydrogen-bond donors (Lipinski definition) is 6.